The lowest BCUT2D eigenvalue weighted by molar-refractivity contribution is 0.0519. The molecule has 0 fully saturated rings. The first kappa shape index (κ1) is 43.2. The van der Waals surface area contributed by atoms with Crippen LogP contribution >= 0.6 is 0 Å². The molecule has 14 heteroatoms. The summed E-state index contributed by atoms with van der Waals surface area (Å²) in [6.45, 7) is 16.8. The fraction of sp³-hybridized carbons (Fsp3) is 0.679. The largest absolute Gasteiger partial charge is 0.444 e. The molecule has 0 aliphatic carbocycles. The highest BCUT2D eigenvalue weighted by atomic mass is 19.1. The summed E-state index contributed by atoms with van der Waals surface area (Å²) in [5.41, 5.74) is -0.954. The van der Waals surface area contributed by atoms with Crippen LogP contribution in [0.1, 0.15) is 75.7 Å². The lowest BCUT2D eigenvalue weighted by Gasteiger charge is -2.19. The summed E-state index contributed by atoms with van der Waals surface area (Å²) < 4.78 is 50.7. The molecule has 0 bridgehead atoms. The van der Waals surface area contributed by atoms with Gasteiger partial charge in [-0.2, -0.15) is 0 Å². The number of alkyl carbamates (subject to hydrolysis) is 3. The van der Waals surface area contributed by atoms with Crippen LogP contribution in [0.3, 0.4) is 0 Å². The number of aliphatic hydroxyl groups excluding tert-OH is 2. The Balaban J connectivity index is -0.000000543. The number of nitrogens with one attached hydrogen (secondary N) is 3. The maximum absolute atomic E-state index is 12.1. The molecule has 3 amide bonds. The number of carbonyl (C=O) groups excluding carboxylic acids is 3. The first-order valence-electron chi connectivity index (χ1n) is 13.1. The minimum atomic E-state index is -0.634. The molecule has 0 aromatic rings. The topological polar surface area (TPSA) is 155 Å². The minimum Gasteiger partial charge on any atom is -0.444 e. The highest BCUT2D eigenvalue weighted by Gasteiger charge is 2.17. The molecule has 0 radical (unpaired) electrons. The average Bonchev–Trinajstić information content (AvgIpc) is 2.83. The number of aliphatic hydroxyl groups is 2. The van der Waals surface area contributed by atoms with Gasteiger partial charge in [0.25, 0.3) is 0 Å². The first-order valence-corrected chi connectivity index (χ1v) is 13.1. The van der Waals surface area contributed by atoms with Crippen LogP contribution in [0.15, 0.2) is 35.7 Å². The Morgan fingerprint density at radius 2 is 0.810 bits per heavy atom. The Kier molecular flexibility index (Phi) is 23.0. The maximum atomic E-state index is 12.1. The van der Waals surface area contributed by atoms with Gasteiger partial charge < -0.3 is 40.4 Å². The van der Waals surface area contributed by atoms with Gasteiger partial charge in [-0.15, -0.1) is 0 Å². The van der Waals surface area contributed by atoms with E-state index in [0.29, 0.717) is 18.3 Å². The molecule has 0 aliphatic heterocycles. The molecule has 0 heterocycles. The van der Waals surface area contributed by atoms with Crippen molar-refractivity contribution in [3.05, 3.63) is 35.7 Å². The van der Waals surface area contributed by atoms with Gasteiger partial charge in [0.15, 0.2) is 0 Å². The van der Waals surface area contributed by atoms with Gasteiger partial charge in [0.1, 0.15) is 16.8 Å². The second kappa shape index (κ2) is 22.4. The number of ether oxygens (including phenoxy) is 3. The van der Waals surface area contributed by atoms with Crippen LogP contribution in [0.25, 0.3) is 0 Å². The Hall–Kier alpha value is -3.26. The Labute approximate surface area is 247 Å². The summed E-state index contributed by atoms with van der Waals surface area (Å²) in [6, 6.07) is 0. The lowest BCUT2D eigenvalue weighted by Crippen LogP contribution is -2.33. The molecule has 42 heavy (non-hydrogen) atoms. The number of hydrogen-bond donors (Lipinski definition) is 5. The van der Waals surface area contributed by atoms with Gasteiger partial charge in [-0.25, -0.2) is 27.6 Å². The van der Waals surface area contributed by atoms with Gasteiger partial charge in [-0.05, 0) is 74.3 Å². The van der Waals surface area contributed by atoms with Crippen LogP contribution in [0.2, 0.25) is 0 Å². The van der Waals surface area contributed by atoms with E-state index in [4.69, 9.17) is 24.4 Å². The summed E-state index contributed by atoms with van der Waals surface area (Å²) in [6.07, 6.45) is -0.181. The Morgan fingerprint density at radius 1 is 0.571 bits per heavy atom. The van der Waals surface area contributed by atoms with E-state index in [-0.39, 0.29) is 43.4 Å². The van der Waals surface area contributed by atoms with Crippen LogP contribution in [0.4, 0.5) is 27.6 Å². The van der Waals surface area contributed by atoms with E-state index >= 15 is 0 Å². The molecule has 0 aliphatic rings. The zero-order valence-corrected chi connectivity index (χ0v) is 26.5. The van der Waals surface area contributed by atoms with Crippen LogP contribution < -0.4 is 16.0 Å². The molecule has 0 atom stereocenters. The van der Waals surface area contributed by atoms with Crippen molar-refractivity contribution in [3.8, 4) is 0 Å². The standard InChI is InChI=1S/C10H18FNO2.2C9H16FNO3/c1-5-8(6-11)7-12-9(13)14-10(2,3)4;2*1-9(2,3)14-8(13)11-5-7(4-10)6-12/h6H,5,7H2,1-4H3,(H,12,13);2*4,12H,5-6H2,1-3H3,(H,11,13)/b;7-4+;7-4-. The van der Waals surface area contributed by atoms with Gasteiger partial charge in [-0.3, -0.25) is 0 Å². The summed E-state index contributed by atoms with van der Waals surface area (Å²) in [5.74, 6) is 0. The lowest BCUT2D eigenvalue weighted by atomic mass is 10.2. The third-order valence-corrected chi connectivity index (χ3v) is 3.90. The number of rotatable bonds is 9. The molecular formula is C28H50F3N3O8. The van der Waals surface area contributed by atoms with Crippen molar-refractivity contribution in [1.29, 1.82) is 0 Å². The van der Waals surface area contributed by atoms with Crippen LogP contribution in [-0.2, 0) is 14.2 Å². The summed E-state index contributed by atoms with van der Waals surface area (Å²) in [5, 5.41) is 24.2. The van der Waals surface area contributed by atoms with Crippen molar-refractivity contribution in [2.24, 2.45) is 0 Å². The second-order valence-corrected chi connectivity index (χ2v) is 11.5. The van der Waals surface area contributed by atoms with Gasteiger partial charge in [-0.1, -0.05) is 6.92 Å². The highest BCUT2D eigenvalue weighted by molar-refractivity contribution is 5.68. The number of carbonyl (C=O) groups is 3. The van der Waals surface area contributed by atoms with E-state index in [2.05, 4.69) is 16.0 Å². The van der Waals surface area contributed by atoms with Crippen molar-refractivity contribution >= 4 is 18.3 Å². The normalized spacial score (nSPS) is 12.5. The predicted octanol–water partition coefficient (Wildman–Crippen LogP) is 5.49. The van der Waals surface area contributed by atoms with Gasteiger partial charge in [0, 0.05) is 30.8 Å². The summed E-state index contributed by atoms with van der Waals surface area (Å²) in [7, 11) is 0. The molecule has 0 saturated carbocycles. The van der Waals surface area contributed by atoms with Crippen molar-refractivity contribution in [1.82, 2.24) is 16.0 Å². The smallest absolute Gasteiger partial charge is 0.407 e. The predicted molar refractivity (Wildman–Crippen MR) is 155 cm³/mol. The van der Waals surface area contributed by atoms with Crippen molar-refractivity contribution in [3.63, 3.8) is 0 Å². The fourth-order valence-electron chi connectivity index (χ4n) is 2.00. The quantitative estimate of drug-likeness (QED) is 0.214. The molecule has 0 spiro atoms. The second-order valence-electron chi connectivity index (χ2n) is 11.5. The molecule has 0 rings (SSSR count). The van der Waals surface area contributed by atoms with E-state index in [1.165, 1.54) is 0 Å². The van der Waals surface area contributed by atoms with E-state index in [1.807, 2.05) is 6.92 Å². The van der Waals surface area contributed by atoms with Crippen molar-refractivity contribution < 1.29 is 52.0 Å². The molecule has 11 nitrogen and oxygen atoms in total. The molecule has 0 unspecified atom stereocenters. The SMILES string of the molecule is CC(C)(C)OC(=O)NC/C(=C/F)CO.CC(C)(C)OC(=O)NC/C(=C\F)CO.CCC(=CF)CNC(=O)OC(C)(C)C. The molecule has 0 saturated heterocycles. The third kappa shape index (κ3) is 31.3. The molecule has 0 aromatic carbocycles. The van der Waals surface area contributed by atoms with Gasteiger partial charge >= 0.3 is 18.3 Å². The van der Waals surface area contributed by atoms with Crippen molar-refractivity contribution in [2.45, 2.75) is 92.5 Å². The van der Waals surface area contributed by atoms with Gasteiger partial charge in [0.05, 0.1) is 32.2 Å². The van der Waals surface area contributed by atoms with E-state index in [0.717, 1.165) is 0 Å². The number of halogens is 3. The minimum absolute atomic E-state index is 0.0537. The Bertz CT molecular complexity index is 774. The maximum Gasteiger partial charge on any atom is 0.407 e. The first-order chi connectivity index (χ1) is 19.2. The third-order valence-electron chi connectivity index (χ3n) is 3.90. The van der Waals surface area contributed by atoms with Gasteiger partial charge in [0.2, 0.25) is 0 Å². The highest BCUT2D eigenvalue weighted by Crippen LogP contribution is 2.08. The fourth-order valence-corrected chi connectivity index (χ4v) is 2.00. The van der Waals surface area contributed by atoms with Crippen LogP contribution in [-0.4, -0.2) is 78.1 Å². The van der Waals surface area contributed by atoms with Crippen LogP contribution in [0, 0.1) is 0 Å². The van der Waals surface area contributed by atoms with Crippen LogP contribution in [0.5, 0.6) is 0 Å². The molecule has 5 N–H and O–H groups in total. The zero-order chi connectivity index (χ0) is 33.6. The average molecular weight is 614 g/mol. The van der Waals surface area contributed by atoms with E-state index in [1.54, 1.807) is 62.3 Å². The summed E-state index contributed by atoms with van der Waals surface area (Å²) >= 11 is 0. The van der Waals surface area contributed by atoms with E-state index < -0.39 is 48.3 Å². The molecule has 246 valence electrons. The molecule has 0 aromatic heterocycles. The number of amides is 3. The Morgan fingerprint density at radius 3 is 0.976 bits per heavy atom. The molecular weight excluding hydrogens is 563 g/mol. The summed E-state index contributed by atoms with van der Waals surface area (Å²) in [4.78, 5) is 33.2. The van der Waals surface area contributed by atoms with Crippen molar-refractivity contribution in [2.75, 3.05) is 32.8 Å². The number of hydrogen-bond acceptors (Lipinski definition) is 8. The monoisotopic (exact) mass is 613 g/mol. The zero-order valence-electron chi connectivity index (χ0n) is 26.5. The van der Waals surface area contributed by atoms with E-state index in [9.17, 15) is 27.6 Å².